The fourth-order valence-corrected chi connectivity index (χ4v) is 5.17. The SMILES string of the molecule is CCn1cc(Cc2ccc(C(=O)NCc3cnc(C)cn3)cc2-c2ccc(C)cc2C(=O)O)c2ccc(/C(N)=N\O)cc21. The van der Waals surface area contributed by atoms with Crippen LogP contribution >= 0.6 is 0 Å². The molecular weight excluding hydrogens is 544 g/mol. The Bertz CT molecular complexity index is 1880. The number of hydrogen-bond donors (Lipinski definition) is 4. The molecule has 0 atom stereocenters. The summed E-state index contributed by atoms with van der Waals surface area (Å²) < 4.78 is 2.09. The van der Waals surface area contributed by atoms with Crippen LogP contribution in [0.1, 0.15) is 61.3 Å². The normalized spacial score (nSPS) is 11.6. The minimum Gasteiger partial charge on any atom is -0.478 e. The highest BCUT2D eigenvalue weighted by molar-refractivity contribution is 6.01. The van der Waals surface area contributed by atoms with Crippen LogP contribution in [0, 0.1) is 13.8 Å². The Morgan fingerprint density at radius 2 is 1.74 bits per heavy atom. The molecule has 1 amide bonds. The van der Waals surface area contributed by atoms with Crippen molar-refractivity contribution in [3.05, 3.63) is 118 Å². The van der Waals surface area contributed by atoms with Gasteiger partial charge < -0.3 is 25.9 Å². The molecule has 0 saturated carbocycles. The fourth-order valence-electron chi connectivity index (χ4n) is 5.17. The maximum Gasteiger partial charge on any atom is 0.336 e. The van der Waals surface area contributed by atoms with Crippen molar-refractivity contribution in [2.24, 2.45) is 10.9 Å². The van der Waals surface area contributed by atoms with Gasteiger partial charge in [0.15, 0.2) is 5.84 Å². The van der Waals surface area contributed by atoms with Gasteiger partial charge in [-0.2, -0.15) is 0 Å². The highest BCUT2D eigenvalue weighted by atomic mass is 16.4. The van der Waals surface area contributed by atoms with Crippen molar-refractivity contribution in [1.29, 1.82) is 0 Å². The largest absolute Gasteiger partial charge is 0.478 e. The monoisotopic (exact) mass is 576 g/mol. The van der Waals surface area contributed by atoms with E-state index in [1.807, 2.05) is 45.0 Å². The molecule has 2 aromatic heterocycles. The highest BCUT2D eigenvalue weighted by Crippen LogP contribution is 2.33. The molecule has 10 heteroatoms. The second-order valence-corrected chi connectivity index (χ2v) is 10.4. The fraction of sp³-hybridized carbons (Fsp3) is 0.182. The number of aryl methyl sites for hydroxylation is 3. The maximum atomic E-state index is 13.2. The molecule has 43 heavy (non-hydrogen) atoms. The van der Waals surface area contributed by atoms with Gasteiger partial charge in [0.2, 0.25) is 0 Å². The predicted octanol–water partition coefficient (Wildman–Crippen LogP) is 5.05. The van der Waals surface area contributed by atoms with Crippen molar-refractivity contribution in [3.8, 4) is 11.1 Å². The average molecular weight is 577 g/mol. The van der Waals surface area contributed by atoms with Crippen LogP contribution in [0.15, 0.2) is 78.3 Å². The molecule has 5 aromatic rings. The molecule has 5 rings (SSSR count). The first-order valence-corrected chi connectivity index (χ1v) is 13.8. The molecule has 0 saturated heterocycles. The van der Waals surface area contributed by atoms with Gasteiger partial charge >= 0.3 is 5.97 Å². The van der Waals surface area contributed by atoms with Crippen LogP contribution in [0.25, 0.3) is 22.0 Å². The quantitative estimate of drug-likeness (QED) is 0.0828. The summed E-state index contributed by atoms with van der Waals surface area (Å²) in [6.45, 7) is 6.63. The van der Waals surface area contributed by atoms with E-state index in [9.17, 15) is 14.7 Å². The lowest BCUT2D eigenvalue weighted by Gasteiger charge is -2.15. The van der Waals surface area contributed by atoms with Gasteiger partial charge in [-0.25, -0.2) is 4.79 Å². The van der Waals surface area contributed by atoms with Gasteiger partial charge in [-0.05, 0) is 67.3 Å². The predicted molar refractivity (Wildman–Crippen MR) is 164 cm³/mol. The van der Waals surface area contributed by atoms with E-state index >= 15 is 0 Å². The molecule has 2 heterocycles. The third kappa shape index (κ3) is 6.08. The number of carboxylic acids is 1. The maximum absolute atomic E-state index is 13.2. The number of hydrogen-bond acceptors (Lipinski definition) is 6. The molecule has 5 N–H and O–H groups in total. The minimum absolute atomic E-state index is 0.0263. The lowest BCUT2D eigenvalue weighted by atomic mass is 9.89. The summed E-state index contributed by atoms with van der Waals surface area (Å²) >= 11 is 0. The number of fused-ring (bicyclic) bond motifs is 1. The summed E-state index contributed by atoms with van der Waals surface area (Å²) in [6, 6.07) is 16.3. The topological polar surface area (TPSA) is 156 Å². The van der Waals surface area contributed by atoms with Crippen LogP contribution in [0.5, 0.6) is 0 Å². The number of aromatic nitrogens is 3. The molecule has 0 fully saturated rings. The molecule has 0 aliphatic rings. The number of amidine groups is 1. The molecule has 0 bridgehead atoms. The molecule has 10 nitrogen and oxygen atoms in total. The number of carbonyl (C=O) groups is 2. The summed E-state index contributed by atoms with van der Waals surface area (Å²) in [7, 11) is 0. The molecule has 0 aliphatic heterocycles. The van der Waals surface area contributed by atoms with E-state index in [4.69, 9.17) is 10.9 Å². The highest BCUT2D eigenvalue weighted by Gasteiger charge is 2.19. The number of nitrogens with one attached hydrogen (secondary N) is 1. The molecule has 3 aromatic carbocycles. The van der Waals surface area contributed by atoms with E-state index in [1.54, 1.807) is 42.7 Å². The van der Waals surface area contributed by atoms with Crippen LogP contribution < -0.4 is 11.1 Å². The van der Waals surface area contributed by atoms with Crippen molar-refractivity contribution in [3.63, 3.8) is 0 Å². The first-order chi connectivity index (χ1) is 20.7. The first kappa shape index (κ1) is 29.0. The Balaban J connectivity index is 1.57. The number of amides is 1. The van der Waals surface area contributed by atoms with Gasteiger partial charge in [0.05, 0.1) is 29.7 Å². The molecular formula is C33H32N6O4. The zero-order valence-corrected chi connectivity index (χ0v) is 24.1. The van der Waals surface area contributed by atoms with Gasteiger partial charge in [0, 0.05) is 47.4 Å². The molecule has 0 spiro atoms. The summed E-state index contributed by atoms with van der Waals surface area (Å²) in [6.07, 6.45) is 5.80. The number of nitrogens with two attached hydrogens (primary N) is 1. The number of oxime groups is 1. The van der Waals surface area contributed by atoms with Gasteiger partial charge in [-0.3, -0.25) is 14.8 Å². The first-order valence-electron chi connectivity index (χ1n) is 13.8. The van der Waals surface area contributed by atoms with E-state index in [2.05, 4.69) is 31.2 Å². The van der Waals surface area contributed by atoms with Crippen molar-refractivity contribution in [2.45, 2.75) is 40.3 Å². The summed E-state index contributed by atoms with van der Waals surface area (Å²) in [5, 5.41) is 26.2. The smallest absolute Gasteiger partial charge is 0.336 e. The van der Waals surface area contributed by atoms with E-state index in [-0.39, 0.29) is 23.9 Å². The average Bonchev–Trinajstić information content (AvgIpc) is 3.36. The number of carboxylic acid groups (broad SMARTS) is 1. The zero-order valence-electron chi connectivity index (χ0n) is 24.1. The van der Waals surface area contributed by atoms with Crippen LogP contribution in [0.2, 0.25) is 0 Å². The summed E-state index contributed by atoms with van der Waals surface area (Å²) in [5.74, 6) is -1.33. The van der Waals surface area contributed by atoms with Crippen molar-refractivity contribution in [1.82, 2.24) is 19.9 Å². The number of aromatic carboxylic acids is 1. The Hall–Kier alpha value is -5.51. The second kappa shape index (κ2) is 12.2. The van der Waals surface area contributed by atoms with Gasteiger partial charge in [-0.1, -0.05) is 41.1 Å². The third-order valence-electron chi connectivity index (χ3n) is 7.42. The van der Waals surface area contributed by atoms with Crippen molar-refractivity contribution in [2.75, 3.05) is 0 Å². The standard InChI is InChI=1S/C33H32N6O4/c1-4-39-18-24(26-10-8-22(14-30(26)39)31(34)38-43)12-21-6-7-23(32(40)37-17-25-16-35-20(3)15-36-25)13-28(21)27-9-5-19(2)11-29(27)33(41)42/h5-11,13-16,18,43H,4,12,17H2,1-3H3,(H2,34,38)(H,37,40)(H,41,42). The van der Waals surface area contributed by atoms with Gasteiger partial charge in [0.1, 0.15) is 0 Å². The lowest BCUT2D eigenvalue weighted by molar-refractivity contribution is 0.0697. The van der Waals surface area contributed by atoms with Gasteiger partial charge in [-0.15, -0.1) is 0 Å². The molecule has 0 unspecified atom stereocenters. The molecule has 0 aliphatic carbocycles. The summed E-state index contributed by atoms with van der Waals surface area (Å²) in [5.41, 5.74) is 13.2. The van der Waals surface area contributed by atoms with Crippen LogP contribution in [-0.2, 0) is 19.5 Å². The Morgan fingerprint density at radius 3 is 2.44 bits per heavy atom. The minimum atomic E-state index is -1.05. The van der Waals surface area contributed by atoms with E-state index in [0.717, 1.165) is 33.3 Å². The van der Waals surface area contributed by atoms with E-state index < -0.39 is 5.97 Å². The number of nitrogens with zero attached hydrogens (tertiary/aromatic N) is 4. The van der Waals surface area contributed by atoms with E-state index in [0.29, 0.717) is 40.9 Å². The number of carbonyl (C=O) groups excluding carboxylic acids is 1. The third-order valence-corrected chi connectivity index (χ3v) is 7.42. The Labute approximate surface area is 248 Å². The van der Waals surface area contributed by atoms with Gasteiger partial charge in [0.25, 0.3) is 5.91 Å². The zero-order chi connectivity index (χ0) is 30.7. The number of benzene rings is 3. The Morgan fingerprint density at radius 1 is 0.953 bits per heavy atom. The van der Waals surface area contributed by atoms with Crippen LogP contribution in [0.4, 0.5) is 0 Å². The van der Waals surface area contributed by atoms with Crippen molar-refractivity contribution < 1.29 is 19.9 Å². The number of rotatable bonds is 9. The van der Waals surface area contributed by atoms with Crippen LogP contribution in [0.3, 0.4) is 0 Å². The summed E-state index contributed by atoms with van der Waals surface area (Å²) in [4.78, 5) is 34.1. The van der Waals surface area contributed by atoms with E-state index in [1.165, 1.54) is 0 Å². The Kier molecular flexibility index (Phi) is 8.20. The second-order valence-electron chi connectivity index (χ2n) is 10.4. The van der Waals surface area contributed by atoms with Crippen molar-refractivity contribution >= 4 is 28.6 Å². The van der Waals surface area contributed by atoms with Crippen LogP contribution in [-0.4, -0.2) is 42.6 Å². The molecule has 0 radical (unpaired) electrons. The molecule has 218 valence electrons. The lowest BCUT2D eigenvalue weighted by Crippen LogP contribution is -2.23.